The van der Waals surface area contributed by atoms with Gasteiger partial charge in [-0.2, -0.15) is 5.10 Å². The zero-order chi connectivity index (χ0) is 14.4. The second-order valence-electron chi connectivity index (χ2n) is 3.77. The number of para-hydroxylation sites is 2. The molecule has 4 N–H and O–H groups in total. The number of H-pyrrole nitrogens is 1. The topological polar surface area (TPSA) is 110 Å². The third kappa shape index (κ3) is 3.70. The highest BCUT2D eigenvalue weighted by Crippen LogP contribution is 2.23. The molecular formula is C13H12N4O3. The lowest BCUT2D eigenvalue weighted by Gasteiger charge is -2.08. The summed E-state index contributed by atoms with van der Waals surface area (Å²) < 4.78 is 4.78. The first-order valence-corrected chi connectivity index (χ1v) is 5.69. The Morgan fingerprint density at radius 2 is 2.15 bits per heavy atom. The maximum absolute atomic E-state index is 11.7. The summed E-state index contributed by atoms with van der Waals surface area (Å²) in [6, 6.07) is 6.49. The van der Waals surface area contributed by atoms with Crippen LogP contribution in [0.2, 0.25) is 0 Å². The lowest BCUT2D eigenvalue weighted by Crippen LogP contribution is -2.18. The van der Waals surface area contributed by atoms with Crippen molar-refractivity contribution in [3.8, 4) is 5.75 Å². The summed E-state index contributed by atoms with van der Waals surface area (Å²) in [5, 5.41) is 8.97. The molecule has 0 unspecified atom stereocenters. The first-order valence-electron chi connectivity index (χ1n) is 5.69. The van der Waals surface area contributed by atoms with Crippen LogP contribution in [0.25, 0.3) is 6.08 Å². The monoisotopic (exact) mass is 272 g/mol. The molecule has 1 aromatic heterocycles. The average molecular weight is 272 g/mol. The molecule has 0 saturated carbocycles. The van der Waals surface area contributed by atoms with Gasteiger partial charge in [0, 0.05) is 17.8 Å². The van der Waals surface area contributed by atoms with E-state index in [4.69, 9.17) is 10.5 Å². The normalized spacial score (nSPS) is 10.4. The number of benzene rings is 1. The molecule has 20 heavy (non-hydrogen) atoms. The highest BCUT2D eigenvalue weighted by Gasteiger charge is 2.07. The van der Waals surface area contributed by atoms with E-state index in [9.17, 15) is 9.59 Å². The van der Waals surface area contributed by atoms with Crippen LogP contribution in [-0.2, 0) is 4.79 Å². The number of hydrogen-bond donors (Lipinski definition) is 3. The molecule has 2 rings (SSSR count). The van der Waals surface area contributed by atoms with E-state index in [1.54, 1.807) is 36.7 Å². The Hall–Kier alpha value is -3.09. The van der Waals surface area contributed by atoms with Gasteiger partial charge in [-0.3, -0.25) is 9.89 Å². The molecule has 7 heteroatoms. The second kappa shape index (κ2) is 6.19. The lowest BCUT2D eigenvalue weighted by molar-refractivity contribution is -0.111. The molecule has 2 amide bonds. The van der Waals surface area contributed by atoms with Crippen molar-refractivity contribution in [2.24, 2.45) is 5.73 Å². The van der Waals surface area contributed by atoms with Crippen molar-refractivity contribution in [1.82, 2.24) is 10.2 Å². The van der Waals surface area contributed by atoms with Gasteiger partial charge >= 0.3 is 6.09 Å². The number of carbonyl (C=O) groups excluding carboxylic acids is 2. The molecule has 102 valence electrons. The van der Waals surface area contributed by atoms with Gasteiger partial charge in [0.2, 0.25) is 5.91 Å². The minimum absolute atomic E-state index is 0.185. The van der Waals surface area contributed by atoms with Crippen molar-refractivity contribution < 1.29 is 14.3 Å². The number of hydrogen-bond acceptors (Lipinski definition) is 4. The molecule has 0 fully saturated rings. The number of primary amides is 1. The number of rotatable bonds is 4. The third-order valence-electron chi connectivity index (χ3n) is 2.30. The number of nitrogens with zero attached hydrogens (tertiary/aromatic N) is 1. The number of aromatic nitrogens is 2. The van der Waals surface area contributed by atoms with Crippen molar-refractivity contribution in [1.29, 1.82) is 0 Å². The van der Waals surface area contributed by atoms with Gasteiger partial charge in [0.15, 0.2) is 5.75 Å². The number of amides is 2. The van der Waals surface area contributed by atoms with Gasteiger partial charge in [-0.25, -0.2) is 4.79 Å². The quantitative estimate of drug-likeness (QED) is 0.733. The third-order valence-corrected chi connectivity index (χ3v) is 2.30. The first kappa shape index (κ1) is 13.3. The summed E-state index contributed by atoms with van der Waals surface area (Å²) >= 11 is 0. The number of nitrogens with one attached hydrogen (secondary N) is 2. The smallest absolute Gasteiger partial charge is 0.408 e. The van der Waals surface area contributed by atoms with E-state index in [1.165, 1.54) is 12.1 Å². The molecule has 2 aromatic rings. The highest BCUT2D eigenvalue weighted by molar-refractivity contribution is 6.02. The summed E-state index contributed by atoms with van der Waals surface area (Å²) in [6.07, 6.45) is 5.21. The van der Waals surface area contributed by atoms with Crippen LogP contribution in [0.15, 0.2) is 42.7 Å². The number of aromatic amines is 1. The number of anilines is 1. The van der Waals surface area contributed by atoms with E-state index in [0.29, 0.717) is 5.69 Å². The Bertz CT molecular complexity index is 635. The van der Waals surface area contributed by atoms with Gasteiger partial charge < -0.3 is 15.8 Å². The summed E-state index contributed by atoms with van der Waals surface area (Å²) in [7, 11) is 0. The Balaban J connectivity index is 2.06. The minimum Gasteiger partial charge on any atom is -0.408 e. The van der Waals surface area contributed by atoms with Crippen molar-refractivity contribution >= 4 is 23.8 Å². The van der Waals surface area contributed by atoms with E-state index < -0.39 is 6.09 Å². The molecular weight excluding hydrogens is 260 g/mol. The molecule has 7 nitrogen and oxygen atoms in total. The fraction of sp³-hybridized carbons (Fsp3) is 0. The van der Waals surface area contributed by atoms with Gasteiger partial charge in [-0.1, -0.05) is 12.1 Å². The fourth-order valence-electron chi connectivity index (χ4n) is 1.47. The van der Waals surface area contributed by atoms with Crippen LogP contribution in [0.3, 0.4) is 0 Å². The average Bonchev–Trinajstić information content (AvgIpc) is 2.91. The van der Waals surface area contributed by atoms with E-state index in [0.717, 1.165) is 5.56 Å². The maximum Gasteiger partial charge on any atom is 0.410 e. The van der Waals surface area contributed by atoms with Crippen LogP contribution in [-0.4, -0.2) is 22.2 Å². The Morgan fingerprint density at radius 3 is 2.85 bits per heavy atom. The predicted molar refractivity (Wildman–Crippen MR) is 72.9 cm³/mol. The van der Waals surface area contributed by atoms with Crippen molar-refractivity contribution in [2.45, 2.75) is 0 Å². The van der Waals surface area contributed by atoms with E-state index in [1.807, 2.05) is 0 Å². The SMILES string of the molecule is NC(=O)Oc1ccccc1NC(=O)C=Cc1cn[nH]c1. The van der Waals surface area contributed by atoms with Crippen LogP contribution in [0, 0.1) is 0 Å². The minimum atomic E-state index is -0.944. The molecule has 1 aromatic carbocycles. The van der Waals surface area contributed by atoms with Gasteiger partial charge in [0.25, 0.3) is 0 Å². The zero-order valence-corrected chi connectivity index (χ0v) is 10.4. The molecule has 0 radical (unpaired) electrons. The molecule has 0 aliphatic rings. The van der Waals surface area contributed by atoms with Gasteiger partial charge in [-0.05, 0) is 18.2 Å². The van der Waals surface area contributed by atoms with Crippen LogP contribution in [0.4, 0.5) is 10.5 Å². The second-order valence-corrected chi connectivity index (χ2v) is 3.77. The molecule has 0 aliphatic carbocycles. The maximum atomic E-state index is 11.7. The molecule has 0 bridgehead atoms. The van der Waals surface area contributed by atoms with Crippen LogP contribution in [0.5, 0.6) is 5.75 Å². The van der Waals surface area contributed by atoms with Crippen molar-refractivity contribution in [2.75, 3.05) is 5.32 Å². The zero-order valence-electron chi connectivity index (χ0n) is 10.4. The molecule has 0 aliphatic heterocycles. The standard InChI is InChI=1S/C13H12N4O3/c14-13(19)20-11-4-2-1-3-10(11)17-12(18)6-5-9-7-15-16-8-9/h1-8H,(H2,14,19)(H,15,16)(H,17,18). The largest absolute Gasteiger partial charge is 0.410 e. The Labute approximate surface area is 114 Å². The summed E-state index contributed by atoms with van der Waals surface area (Å²) in [5.74, 6) is -0.184. The van der Waals surface area contributed by atoms with Crippen molar-refractivity contribution in [3.63, 3.8) is 0 Å². The molecule has 0 spiro atoms. The van der Waals surface area contributed by atoms with E-state index >= 15 is 0 Å². The van der Waals surface area contributed by atoms with Crippen LogP contribution >= 0.6 is 0 Å². The van der Waals surface area contributed by atoms with Crippen LogP contribution < -0.4 is 15.8 Å². The van der Waals surface area contributed by atoms with E-state index in [2.05, 4.69) is 15.5 Å². The molecule has 1 heterocycles. The summed E-state index contributed by atoms with van der Waals surface area (Å²) in [6.45, 7) is 0. The predicted octanol–water partition coefficient (Wildman–Crippen LogP) is 1.52. The number of ether oxygens (including phenoxy) is 1. The van der Waals surface area contributed by atoms with Gasteiger partial charge in [-0.15, -0.1) is 0 Å². The van der Waals surface area contributed by atoms with E-state index in [-0.39, 0.29) is 11.7 Å². The van der Waals surface area contributed by atoms with Gasteiger partial charge in [0.05, 0.1) is 11.9 Å². The van der Waals surface area contributed by atoms with Gasteiger partial charge in [0.1, 0.15) is 0 Å². The highest BCUT2D eigenvalue weighted by atomic mass is 16.5. The summed E-state index contributed by atoms with van der Waals surface area (Å²) in [5.41, 5.74) is 6.07. The summed E-state index contributed by atoms with van der Waals surface area (Å²) in [4.78, 5) is 22.5. The number of nitrogens with two attached hydrogens (primary N) is 1. The Kier molecular flexibility index (Phi) is 4.13. The first-order chi connectivity index (χ1) is 9.65. The fourth-order valence-corrected chi connectivity index (χ4v) is 1.47. The molecule has 0 saturated heterocycles. The Morgan fingerprint density at radius 1 is 1.35 bits per heavy atom. The number of carbonyl (C=O) groups is 2. The lowest BCUT2D eigenvalue weighted by atomic mass is 10.2. The van der Waals surface area contributed by atoms with Crippen LogP contribution in [0.1, 0.15) is 5.56 Å². The molecule has 0 atom stereocenters. The van der Waals surface area contributed by atoms with Crippen molar-refractivity contribution in [3.05, 3.63) is 48.3 Å².